The SMILES string of the molecule is CN1C(=O)CCC(NCC2Cc3ccccc3S2)C1=O. The van der Waals surface area contributed by atoms with Crippen LogP contribution in [0.3, 0.4) is 0 Å². The Kier molecular flexibility index (Phi) is 3.81. The van der Waals surface area contributed by atoms with E-state index < -0.39 is 0 Å². The number of benzene rings is 1. The Balaban J connectivity index is 1.54. The van der Waals surface area contributed by atoms with E-state index in [0.29, 0.717) is 18.1 Å². The number of likely N-dealkylation sites (tertiary alicyclic amines) is 1. The molecule has 2 aliphatic rings. The summed E-state index contributed by atoms with van der Waals surface area (Å²) in [5.41, 5.74) is 1.39. The van der Waals surface area contributed by atoms with Crippen LogP contribution in [0.4, 0.5) is 0 Å². The second-order valence-corrected chi connectivity index (χ2v) is 6.68. The van der Waals surface area contributed by atoms with Gasteiger partial charge < -0.3 is 5.32 Å². The molecule has 2 atom stereocenters. The number of imide groups is 1. The molecule has 2 heterocycles. The number of likely N-dealkylation sites (N-methyl/N-ethyl adjacent to an activating group) is 1. The summed E-state index contributed by atoms with van der Waals surface area (Å²) in [6.45, 7) is 0.803. The monoisotopic (exact) mass is 290 g/mol. The van der Waals surface area contributed by atoms with E-state index in [2.05, 4.69) is 29.6 Å². The average Bonchev–Trinajstić information content (AvgIpc) is 2.87. The lowest BCUT2D eigenvalue weighted by molar-refractivity contribution is -0.148. The van der Waals surface area contributed by atoms with Gasteiger partial charge in [0.25, 0.3) is 0 Å². The van der Waals surface area contributed by atoms with Crippen molar-refractivity contribution in [2.75, 3.05) is 13.6 Å². The molecule has 0 aliphatic carbocycles. The van der Waals surface area contributed by atoms with Gasteiger partial charge in [-0.3, -0.25) is 14.5 Å². The quantitative estimate of drug-likeness (QED) is 0.856. The van der Waals surface area contributed by atoms with Crippen LogP contribution in [0.1, 0.15) is 18.4 Å². The number of carbonyl (C=O) groups excluding carboxylic acids is 2. The Hall–Kier alpha value is -1.33. The second kappa shape index (κ2) is 5.58. The number of fused-ring (bicyclic) bond motifs is 1. The lowest BCUT2D eigenvalue weighted by atomic mass is 10.0. The van der Waals surface area contributed by atoms with Crippen LogP contribution in [0.15, 0.2) is 29.2 Å². The number of carbonyl (C=O) groups is 2. The molecular formula is C15H18N2O2S. The Morgan fingerprint density at radius 3 is 2.95 bits per heavy atom. The Morgan fingerprint density at radius 2 is 2.15 bits per heavy atom. The van der Waals surface area contributed by atoms with E-state index in [-0.39, 0.29) is 17.9 Å². The average molecular weight is 290 g/mol. The third-order valence-corrected chi connectivity index (χ3v) is 5.27. The first-order valence-electron chi connectivity index (χ1n) is 6.93. The Bertz CT molecular complexity index is 521. The number of rotatable bonds is 3. The minimum atomic E-state index is -0.206. The number of thioether (sulfide) groups is 1. The van der Waals surface area contributed by atoms with Crippen LogP contribution in [0, 0.1) is 0 Å². The fourth-order valence-corrected chi connectivity index (χ4v) is 4.01. The predicted molar refractivity (Wildman–Crippen MR) is 78.6 cm³/mol. The summed E-state index contributed by atoms with van der Waals surface area (Å²) >= 11 is 1.87. The van der Waals surface area contributed by atoms with Gasteiger partial charge in [-0.15, -0.1) is 11.8 Å². The molecule has 0 bridgehead atoms. The molecule has 1 fully saturated rings. The van der Waals surface area contributed by atoms with Crippen LogP contribution in [0.5, 0.6) is 0 Å². The molecule has 20 heavy (non-hydrogen) atoms. The van der Waals surface area contributed by atoms with Gasteiger partial charge in [0.15, 0.2) is 0 Å². The second-order valence-electron chi connectivity index (χ2n) is 5.34. The highest BCUT2D eigenvalue weighted by Crippen LogP contribution is 2.36. The van der Waals surface area contributed by atoms with E-state index in [9.17, 15) is 9.59 Å². The molecule has 0 radical (unpaired) electrons. The van der Waals surface area contributed by atoms with Gasteiger partial charge in [-0.1, -0.05) is 18.2 Å². The Labute approximate surface area is 122 Å². The maximum atomic E-state index is 12.0. The van der Waals surface area contributed by atoms with Crippen LogP contribution < -0.4 is 5.32 Å². The molecule has 0 spiro atoms. The summed E-state index contributed by atoms with van der Waals surface area (Å²) in [4.78, 5) is 26.0. The smallest absolute Gasteiger partial charge is 0.246 e. The van der Waals surface area contributed by atoms with Crippen LogP contribution in [-0.4, -0.2) is 41.6 Å². The molecule has 1 aromatic carbocycles. The van der Waals surface area contributed by atoms with E-state index >= 15 is 0 Å². The molecule has 106 valence electrons. The number of hydrogen-bond acceptors (Lipinski definition) is 4. The van der Waals surface area contributed by atoms with Gasteiger partial charge in [-0.05, 0) is 24.5 Å². The van der Waals surface area contributed by atoms with Crippen molar-refractivity contribution in [3.8, 4) is 0 Å². The van der Waals surface area contributed by atoms with Gasteiger partial charge in [-0.25, -0.2) is 0 Å². The number of nitrogens with one attached hydrogen (secondary N) is 1. The van der Waals surface area contributed by atoms with Crippen molar-refractivity contribution in [2.45, 2.75) is 35.4 Å². The van der Waals surface area contributed by atoms with Gasteiger partial charge in [0.2, 0.25) is 11.8 Å². The molecule has 5 heteroatoms. The summed E-state index contributed by atoms with van der Waals surface area (Å²) in [6, 6.07) is 8.24. The fraction of sp³-hybridized carbons (Fsp3) is 0.467. The lowest BCUT2D eigenvalue weighted by Crippen LogP contribution is -2.52. The van der Waals surface area contributed by atoms with Crippen molar-refractivity contribution in [1.29, 1.82) is 0 Å². The van der Waals surface area contributed by atoms with Gasteiger partial charge in [0.1, 0.15) is 0 Å². The number of nitrogens with zero attached hydrogens (tertiary/aromatic N) is 1. The molecule has 2 amide bonds. The molecule has 2 aliphatic heterocycles. The standard InChI is InChI=1S/C15H18N2O2S/c1-17-14(18)7-6-12(15(17)19)16-9-11-8-10-4-2-3-5-13(10)20-11/h2-5,11-12,16H,6-9H2,1H3. The first-order valence-corrected chi connectivity index (χ1v) is 7.81. The molecule has 3 rings (SSSR count). The fourth-order valence-electron chi connectivity index (χ4n) is 2.75. The van der Waals surface area contributed by atoms with Crippen LogP contribution in [0.25, 0.3) is 0 Å². The summed E-state index contributed by atoms with van der Waals surface area (Å²) in [6.07, 6.45) is 2.12. The van der Waals surface area contributed by atoms with Gasteiger partial charge in [0, 0.05) is 30.2 Å². The molecule has 4 nitrogen and oxygen atoms in total. The van der Waals surface area contributed by atoms with Crippen molar-refractivity contribution < 1.29 is 9.59 Å². The summed E-state index contributed by atoms with van der Waals surface area (Å²) < 4.78 is 0. The molecule has 2 unspecified atom stereocenters. The van der Waals surface area contributed by atoms with Gasteiger partial charge in [-0.2, -0.15) is 0 Å². The van der Waals surface area contributed by atoms with E-state index in [4.69, 9.17) is 0 Å². The zero-order valence-electron chi connectivity index (χ0n) is 11.5. The first kappa shape index (κ1) is 13.6. The largest absolute Gasteiger partial charge is 0.305 e. The molecule has 1 N–H and O–H groups in total. The lowest BCUT2D eigenvalue weighted by Gasteiger charge is -2.29. The van der Waals surface area contributed by atoms with Crippen molar-refractivity contribution in [2.24, 2.45) is 0 Å². The zero-order valence-corrected chi connectivity index (χ0v) is 12.3. The highest BCUT2D eigenvalue weighted by atomic mass is 32.2. The third-order valence-electron chi connectivity index (χ3n) is 3.96. The van der Waals surface area contributed by atoms with Gasteiger partial charge >= 0.3 is 0 Å². The zero-order chi connectivity index (χ0) is 14.1. The maximum absolute atomic E-state index is 12.0. The maximum Gasteiger partial charge on any atom is 0.246 e. The molecule has 0 aromatic heterocycles. The van der Waals surface area contributed by atoms with E-state index in [1.54, 1.807) is 7.05 Å². The minimum Gasteiger partial charge on any atom is -0.305 e. The van der Waals surface area contributed by atoms with Crippen LogP contribution in [-0.2, 0) is 16.0 Å². The summed E-state index contributed by atoms with van der Waals surface area (Å²) in [7, 11) is 1.57. The van der Waals surface area contributed by atoms with E-state index in [1.807, 2.05) is 11.8 Å². The number of hydrogen-bond donors (Lipinski definition) is 1. The summed E-state index contributed by atoms with van der Waals surface area (Å²) in [5.74, 6) is -0.169. The highest BCUT2D eigenvalue weighted by Gasteiger charge is 2.32. The number of amides is 2. The van der Waals surface area contributed by atoms with Crippen LogP contribution >= 0.6 is 11.8 Å². The van der Waals surface area contributed by atoms with Crippen molar-refractivity contribution in [3.63, 3.8) is 0 Å². The predicted octanol–water partition coefficient (Wildman–Crippen LogP) is 1.44. The molecule has 1 saturated heterocycles. The van der Waals surface area contributed by atoms with E-state index in [0.717, 1.165) is 13.0 Å². The summed E-state index contributed by atoms with van der Waals surface area (Å²) in [5, 5.41) is 3.81. The number of piperidine rings is 1. The van der Waals surface area contributed by atoms with Crippen LogP contribution in [0.2, 0.25) is 0 Å². The van der Waals surface area contributed by atoms with Crippen molar-refractivity contribution in [1.82, 2.24) is 10.2 Å². The first-order chi connectivity index (χ1) is 9.65. The highest BCUT2D eigenvalue weighted by molar-refractivity contribution is 8.00. The molecular weight excluding hydrogens is 272 g/mol. The Morgan fingerprint density at radius 1 is 1.35 bits per heavy atom. The van der Waals surface area contributed by atoms with Crippen molar-refractivity contribution >= 4 is 23.6 Å². The molecule has 0 saturated carbocycles. The topological polar surface area (TPSA) is 49.4 Å². The van der Waals surface area contributed by atoms with E-state index in [1.165, 1.54) is 15.4 Å². The normalized spacial score (nSPS) is 25.9. The van der Waals surface area contributed by atoms with Gasteiger partial charge in [0.05, 0.1) is 6.04 Å². The third kappa shape index (κ3) is 2.60. The van der Waals surface area contributed by atoms with Crippen molar-refractivity contribution in [3.05, 3.63) is 29.8 Å². The molecule has 1 aromatic rings. The minimum absolute atomic E-state index is 0.0734.